The minimum absolute atomic E-state index is 0.0714. The smallest absolute Gasteiger partial charge is 0.416 e. The Bertz CT molecular complexity index is 994. The van der Waals surface area contributed by atoms with Gasteiger partial charge in [-0.25, -0.2) is 14.6 Å². The van der Waals surface area contributed by atoms with Gasteiger partial charge in [0.1, 0.15) is 18.0 Å². The first kappa shape index (κ1) is 29.3. The molecule has 1 atom stereocenters. The lowest BCUT2D eigenvalue weighted by Gasteiger charge is -2.24. The van der Waals surface area contributed by atoms with Crippen LogP contribution in [0.1, 0.15) is 52.0 Å². The summed E-state index contributed by atoms with van der Waals surface area (Å²) < 4.78 is 45.0. The van der Waals surface area contributed by atoms with E-state index in [1.807, 2.05) is 13.8 Å². The number of hydrogen-bond acceptors (Lipinski definition) is 5. The second-order valence-electron chi connectivity index (χ2n) is 8.80. The number of anilines is 1. The number of rotatable bonds is 6. The first-order valence-corrected chi connectivity index (χ1v) is 10.5. The number of amides is 4. The number of hydrogen-bond donors (Lipinski definition) is 4. The molecule has 0 fully saturated rings. The molecule has 2 rings (SSSR count). The third-order valence-electron chi connectivity index (χ3n) is 4.17. The number of alkyl halides is 3. The van der Waals surface area contributed by atoms with E-state index in [1.165, 1.54) is 18.3 Å². The van der Waals surface area contributed by atoms with Crippen molar-refractivity contribution < 1.29 is 32.3 Å². The van der Waals surface area contributed by atoms with E-state index in [0.29, 0.717) is 5.82 Å². The zero-order chi connectivity index (χ0) is 27.0. The largest absolute Gasteiger partial charge is 0.459 e. The van der Waals surface area contributed by atoms with Gasteiger partial charge < -0.3 is 31.4 Å². The van der Waals surface area contributed by atoms with E-state index in [1.54, 1.807) is 31.5 Å². The molecule has 1 heterocycles. The third kappa shape index (κ3) is 10.8. The van der Waals surface area contributed by atoms with Crippen molar-refractivity contribution in [1.29, 1.82) is 0 Å². The van der Waals surface area contributed by atoms with Gasteiger partial charge in [-0.2, -0.15) is 13.2 Å². The minimum atomic E-state index is -4.45. The average Bonchev–Trinajstić information content (AvgIpc) is 3.11. The standard InChI is InChI=1S/C21H27F3N4O3.CH4N2O/c1-13(2)17(18-25-10-11-28(18)12-16(29)31-20(3,4)5)27-19(30)26-15-8-6-14(7-9-15)21(22,23)24;2-1(3)4/h6-11,13,17H,12H2,1-5H3,(H2,26,27,30);(H4,2,3,4)/t17-;/m0./s1. The quantitative estimate of drug-likeness (QED) is 0.444. The van der Waals surface area contributed by atoms with Gasteiger partial charge in [-0.05, 0) is 51.0 Å². The number of imidazole rings is 1. The molecule has 1 aromatic carbocycles. The molecule has 0 saturated carbocycles. The molecule has 0 radical (unpaired) electrons. The highest BCUT2D eigenvalue weighted by Crippen LogP contribution is 2.30. The fourth-order valence-corrected chi connectivity index (χ4v) is 2.83. The van der Waals surface area contributed by atoms with Crippen LogP contribution in [0.15, 0.2) is 36.7 Å². The van der Waals surface area contributed by atoms with E-state index in [0.717, 1.165) is 12.1 Å². The SMILES string of the molecule is CC(C)[C@H](NC(=O)Nc1ccc(C(F)(F)F)cc1)c1nccn1CC(=O)OC(C)(C)C.NC(N)=O. The molecule has 0 bridgehead atoms. The molecule has 6 N–H and O–H groups in total. The molecule has 4 amide bonds. The summed E-state index contributed by atoms with van der Waals surface area (Å²) in [6, 6.07) is 2.15. The van der Waals surface area contributed by atoms with Gasteiger partial charge in [0.05, 0.1) is 11.6 Å². The molecule has 0 aliphatic heterocycles. The van der Waals surface area contributed by atoms with Crippen LogP contribution >= 0.6 is 0 Å². The van der Waals surface area contributed by atoms with E-state index in [9.17, 15) is 22.8 Å². The Kier molecular flexibility index (Phi) is 10.1. The molecule has 0 spiro atoms. The number of carbonyl (C=O) groups is 3. The molecule has 0 aliphatic rings. The fourth-order valence-electron chi connectivity index (χ4n) is 2.83. The van der Waals surface area contributed by atoms with Crippen molar-refractivity contribution >= 4 is 23.7 Å². The fraction of sp³-hybridized carbons (Fsp3) is 0.455. The summed E-state index contributed by atoms with van der Waals surface area (Å²) >= 11 is 0. The lowest BCUT2D eigenvalue weighted by molar-refractivity contribution is -0.155. The van der Waals surface area contributed by atoms with Crippen LogP contribution in [-0.2, 0) is 22.3 Å². The van der Waals surface area contributed by atoms with E-state index in [4.69, 9.17) is 9.53 Å². The van der Waals surface area contributed by atoms with Gasteiger partial charge in [0.2, 0.25) is 0 Å². The van der Waals surface area contributed by atoms with Crippen LogP contribution in [0.4, 0.5) is 28.4 Å². The molecule has 2 aromatic rings. The van der Waals surface area contributed by atoms with E-state index < -0.39 is 41.4 Å². The summed E-state index contributed by atoms with van der Waals surface area (Å²) in [6.45, 7) is 8.97. The molecule has 194 valence electrons. The Morgan fingerprint density at radius 3 is 2.09 bits per heavy atom. The van der Waals surface area contributed by atoms with Crippen LogP contribution in [0.3, 0.4) is 0 Å². The van der Waals surface area contributed by atoms with Crippen molar-refractivity contribution in [3.8, 4) is 0 Å². The maximum Gasteiger partial charge on any atom is 0.416 e. The number of ether oxygens (including phenoxy) is 1. The number of nitrogens with two attached hydrogens (primary N) is 2. The van der Waals surface area contributed by atoms with Gasteiger partial charge in [-0.3, -0.25) is 4.79 Å². The Labute approximate surface area is 201 Å². The molecular formula is C22H31F3N6O4. The number of benzene rings is 1. The third-order valence-corrected chi connectivity index (χ3v) is 4.17. The molecule has 10 nitrogen and oxygen atoms in total. The second-order valence-corrected chi connectivity index (χ2v) is 8.80. The summed E-state index contributed by atoms with van der Waals surface area (Å²) in [4.78, 5) is 37.9. The van der Waals surface area contributed by atoms with Crippen LogP contribution in [0.2, 0.25) is 0 Å². The molecule has 0 saturated heterocycles. The number of carbonyl (C=O) groups excluding carboxylic acids is 3. The van der Waals surface area contributed by atoms with Crippen LogP contribution in [0, 0.1) is 5.92 Å². The van der Waals surface area contributed by atoms with E-state index >= 15 is 0 Å². The highest BCUT2D eigenvalue weighted by atomic mass is 19.4. The first-order chi connectivity index (χ1) is 16.0. The monoisotopic (exact) mass is 500 g/mol. The molecule has 13 heteroatoms. The van der Waals surface area contributed by atoms with Gasteiger partial charge in [-0.15, -0.1) is 0 Å². The predicted molar refractivity (Wildman–Crippen MR) is 123 cm³/mol. The van der Waals surface area contributed by atoms with Gasteiger partial charge >= 0.3 is 24.2 Å². The highest BCUT2D eigenvalue weighted by Gasteiger charge is 2.30. The van der Waals surface area contributed by atoms with E-state index in [2.05, 4.69) is 27.1 Å². The summed E-state index contributed by atoms with van der Waals surface area (Å²) in [5.74, 6) is -0.0648. The zero-order valence-electron chi connectivity index (χ0n) is 20.1. The molecule has 1 aromatic heterocycles. The molecule has 0 unspecified atom stereocenters. The van der Waals surface area contributed by atoms with Crippen molar-refractivity contribution in [3.63, 3.8) is 0 Å². The maximum absolute atomic E-state index is 12.7. The number of esters is 1. The average molecular weight is 501 g/mol. The summed E-state index contributed by atoms with van der Waals surface area (Å²) in [5, 5.41) is 5.28. The Morgan fingerprint density at radius 1 is 1.09 bits per heavy atom. The predicted octanol–water partition coefficient (Wildman–Crippen LogP) is 3.79. The van der Waals surface area contributed by atoms with Crippen LogP contribution in [0.25, 0.3) is 0 Å². The molecular weight excluding hydrogens is 469 g/mol. The minimum Gasteiger partial charge on any atom is -0.459 e. The van der Waals surface area contributed by atoms with Crippen molar-refractivity contribution in [2.75, 3.05) is 5.32 Å². The van der Waals surface area contributed by atoms with Crippen molar-refractivity contribution in [1.82, 2.24) is 14.9 Å². The Balaban J connectivity index is 0.00000142. The first-order valence-electron chi connectivity index (χ1n) is 10.5. The summed E-state index contributed by atoms with van der Waals surface area (Å²) in [5.41, 5.74) is 7.28. The topological polar surface area (TPSA) is 154 Å². The second kappa shape index (κ2) is 12.1. The highest BCUT2D eigenvalue weighted by molar-refractivity contribution is 5.89. The van der Waals surface area contributed by atoms with Gasteiger partial charge in [0, 0.05) is 18.1 Å². The van der Waals surface area contributed by atoms with Crippen LogP contribution in [-0.4, -0.2) is 33.2 Å². The normalized spacial score (nSPS) is 12.3. The molecule has 0 aliphatic carbocycles. The van der Waals surface area contributed by atoms with Gasteiger partial charge in [0.25, 0.3) is 0 Å². The summed E-state index contributed by atoms with van der Waals surface area (Å²) in [6.07, 6.45) is -1.32. The zero-order valence-corrected chi connectivity index (χ0v) is 20.1. The number of halogens is 3. The number of nitrogens with zero attached hydrogens (tertiary/aromatic N) is 2. The molecule has 35 heavy (non-hydrogen) atoms. The maximum atomic E-state index is 12.7. The van der Waals surface area contributed by atoms with Crippen molar-refractivity contribution in [3.05, 3.63) is 48.0 Å². The number of primary amides is 2. The van der Waals surface area contributed by atoms with Gasteiger partial charge in [-0.1, -0.05) is 13.8 Å². The van der Waals surface area contributed by atoms with E-state index in [-0.39, 0.29) is 18.2 Å². The van der Waals surface area contributed by atoms with Crippen molar-refractivity contribution in [2.24, 2.45) is 17.4 Å². The van der Waals surface area contributed by atoms with Crippen LogP contribution < -0.4 is 22.1 Å². The van der Waals surface area contributed by atoms with Crippen LogP contribution in [0.5, 0.6) is 0 Å². The Morgan fingerprint density at radius 2 is 1.63 bits per heavy atom. The lowest BCUT2D eigenvalue weighted by atomic mass is 10.0. The number of urea groups is 2. The Hall–Kier alpha value is -3.77. The number of aromatic nitrogens is 2. The summed E-state index contributed by atoms with van der Waals surface area (Å²) in [7, 11) is 0. The lowest BCUT2D eigenvalue weighted by Crippen LogP contribution is -2.37. The number of nitrogens with one attached hydrogen (secondary N) is 2. The van der Waals surface area contributed by atoms with Gasteiger partial charge in [0.15, 0.2) is 0 Å². The van der Waals surface area contributed by atoms with Crippen molar-refractivity contribution in [2.45, 2.75) is 59.0 Å².